The minimum absolute atomic E-state index is 0.118. The Hall–Kier alpha value is -0.730. The van der Waals surface area contributed by atoms with Crippen molar-refractivity contribution in [1.29, 1.82) is 0 Å². The van der Waals surface area contributed by atoms with E-state index in [4.69, 9.17) is 4.52 Å². The summed E-state index contributed by atoms with van der Waals surface area (Å²) in [6.07, 6.45) is 1.14. The predicted octanol–water partition coefficient (Wildman–Crippen LogP) is 2.67. The molecule has 2 aromatic rings. The topological polar surface area (TPSA) is 73.1 Å². The lowest BCUT2D eigenvalue weighted by atomic mass is 10.4. The van der Waals surface area contributed by atoms with E-state index in [1.165, 1.54) is 18.3 Å². The Labute approximate surface area is 111 Å². The maximum Gasteiger partial charge on any atom is 0.245 e. The van der Waals surface area contributed by atoms with Gasteiger partial charge in [0.1, 0.15) is 5.25 Å². The lowest BCUT2D eigenvalue weighted by Gasteiger charge is -2.01. The van der Waals surface area contributed by atoms with Gasteiger partial charge in [0, 0.05) is 16.1 Å². The van der Waals surface area contributed by atoms with Crippen molar-refractivity contribution in [2.24, 2.45) is 0 Å². The predicted molar refractivity (Wildman–Crippen MR) is 68.6 cm³/mol. The molecule has 2 rings (SSSR count). The fourth-order valence-electron chi connectivity index (χ4n) is 1.11. The monoisotopic (exact) mass is 336 g/mol. The van der Waals surface area contributed by atoms with Crippen LogP contribution in [0.25, 0.3) is 10.7 Å². The third-order valence-electron chi connectivity index (χ3n) is 2.22. The average molecular weight is 337 g/mol. The third-order valence-corrected chi connectivity index (χ3v) is 5.39. The second-order valence-electron chi connectivity index (χ2n) is 3.56. The van der Waals surface area contributed by atoms with E-state index in [0.29, 0.717) is 5.82 Å². The first kappa shape index (κ1) is 12.7. The van der Waals surface area contributed by atoms with Crippen molar-refractivity contribution in [3.05, 3.63) is 21.8 Å². The first-order valence-electron chi connectivity index (χ1n) is 4.65. The highest BCUT2D eigenvalue weighted by atomic mass is 79.9. The molecule has 17 heavy (non-hydrogen) atoms. The highest BCUT2D eigenvalue weighted by Crippen LogP contribution is 2.29. The van der Waals surface area contributed by atoms with Gasteiger partial charge >= 0.3 is 0 Å². The van der Waals surface area contributed by atoms with Gasteiger partial charge in [0.2, 0.25) is 11.7 Å². The molecule has 1 atom stereocenters. The van der Waals surface area contributed by atoms with Gasteiger partial charge in [0.15, 0.2) is 9.84 Å². The molecule has 0 bridgehead atoms. The zero-order valence-corrected chi connectivity index (χ0v) is 12.3. The summed E-state index contributed by atoms with van der Waals surface area (Å²) in [6, 6.07) is 1.85. The summed E-state index contributed by atoms with van der Waals surface area (Å²) in [4.78, 5) is 4.92. The molecule has 92 valence electrons. The van der Waals surface area contributed by atoms with Crippen LogP contribution in [0.5, 0.6) is 0 Å². The summed E-state index contributed by atoms with van der Waals surface area (Å²) in [6.45, 7) is 1.52. The van der Waals surface area contributed by atoms with Gasteiger partial charge in [0.05, 0.1) is 4.88 Å². The van der Waals surface area contributed by atoms with E-state index in [2.05, 4.69) is 26.1 Å². The molecule has 2 heterocycles. The number of nitrogens with zero attached hydrogens (tertiary/aromatic N) is 2. The quantitative estimate of drug-likeness (QED) is 0.861. The number of hydrogen-bond acceptors (Lipinski definition) is 6. The Bertz CT molecular complexity index is 632. The Kier molecular flexibility index (Phi) is 3.37. The summed E-state index contributed by atoms with van der Waals surface area (Å²) in [7, 11) is -3.22. The first-order chi connectivity index (χ1) is 7.88. The Morgan fingerprint density at radius 1 is 1.53 bits per heavy atom. The molecular weight excluding hydrogens is 328 g/mol. The molecule has 0 saturated heterocycles. The molecule has 0 spiro atoms. The standard InChI is InChI=1S/C9H9BrN2O3S2/c1-5(17(2,13)14)9-11-8(12-15-9)7-3-6(10)4-16-7/h3-5H,1-2H3. The van der Waals surface area contributed by atoms with Crippen LogP contribution in [-0.2, 0) is 9.84 Å². The van der Waals surface area contributed by atoms with Crippen LogP contribution in [0.15, 0.2) is 20.4 Å². The van der Waals surface area contributed by atoms with Gasteiger partial charge in [-0.3, -0.25) is 0 Å². The lowest BCUT2D eigenvalue weighted by molar-refractivity contribution is 0.377. The summed E-state index contributed by atoms with van der Waals surface area (Å²) in [5, 5.41) is 4.88. The highest BCUT2D eigenvalue weighted by Gasteiger charge is 2.24. The van der Waals surface area contributed by atoms with Crippen LogP contribution in [0.2, 0.25) is 0 Å². The normalized spacial score (nSPS) is 13.8. The van der Waals surface area contributed by atoms with Gasteiger partial charge in [-0.15, -0.1) is 11.3 Å². The smallest absolute Gasteiger partial charge is 0.245 e. The minimum atomic E-state index is -3.22. The Morgan fingerprint density at radius 3 is 2.76 bits per heavy atom. The van der Waals surface area contributed by atoms with Gasteiger partial charge in [-0.2, -0.15) is 4.98 Å². The summed E-state index contributed by atoms with van der Waals surface area (Å²) in [5.74, 6) is 0.526. The molecule has 0 aliphatic heterocycles. The molecule has 0 aromatic carbocycles. The Morgan fingerprint density at radius 2 is 2.24 bits per heavy atom. The van der Waals surface area contributed by atoms with Crippen LogP contribution in [0, 0.1) is 0 Å². The van der Waals surface area contributed by atoms with E-state index < -0.39 is 15.1 Å². The molecule has 2 aromatic heterocycles. The van der Waals surface area contributed by atoms with Crippen molar-refractivity contribution in [2.45, 2.75) is 12.2 Å². The van der Waals surface area contributed by atoms with Gasteiger partial charge < -0.3 is 4.52 Å². The molecule has 0 amide bonds. The fraction of sp³-hybridized carbons (Fsp3) is 0.333. The largest absolute Gasteiger partial charge is 0.338 e. The number of thiophene rings is 1. The summed E-state index contributed by atoms with van der Waals surface area (Å²) in [5.41, 5.74) is 0. The van der Waals surface area contributed by atoms with Crippen LogP contribution in [0.3, 0.4) is 0 Å². The van der Waals surface area contributed by atoms with E-state index in [1.807, 2.05) is 11.4 Å². The SMILES string of the molecule is CC(c1nc(-c2cc(Br)cs2)no1)S(C)(=O)=O. The summed E-state index contributed by atoms with van der Waals surface area (Å²) < 4.78 is 28.6. The Balaban J connectivity index is 2.34. The molecule has 0 N–H and O–H groups in total. The zero-order chi connectivity index (χ0) is 12.6. The summed E-state index contributed by atoms with van der Waals surface area (Å²) >= 11 is 4.78. The van der Waals surface area contributed by atoms with Crippen molar-refractivity contribution >= 4 is 37.1 Å². The second-order valence-corrected chi connectivity index (χ2v) is 7.75. The minimum Gasteiger partial charge on any atom is -0.338 e. The number of hydrogen-bond donors (Lipinski definition) is 0. The molecule has 0 aliphatic rings. The zero-order valence-electron chi connectivity index (χ0n) is 9.05. The first-order valence-corrected chi connectivity index (χ1v) is 8.27. The number of aromatic nitrogens is 2. The maximum atomic E-state index is 11.3. The van der Waals surface area contributed by atoms with Crippen LogP contribution in [-0.4, -0.2) is 24.8 Å². The van der Waals surface area contributed by atoms with Crippen molar-refractivity contribution in [3.63, 3.8) is 0 Å². The molecule has 0 aliphatic carbocycles. The third kappa shape index (κ3) is 2.75. The maximum absolute atomic E-state index is 11.3. The van der Waals surface area contributed by atoms with Gasteiger partial charge in [-0.1, -0.05) is 5.16 Å². The molecular formula is C9H9BrN2O3S2. The van der Waals surface area contributed by atoms with E-state index in [9.17, 15) is 8.42 Å². The van der Waals surface area contributed by atoms with Crippen molar-refractivity contribution in [1.82, 2.24) is 10.1 Å². The van der Waals surface area contributed by atoms with E-state index in [1.54, 1.807) is 0 Å². The number of sulfone groups is 1. The van der Waals surface area contributed by atoms with Crippen LogP contribution in [0.1, 0.15) is 18.1 Å². The average Bonchev–Trinajstić information content (AvgIpc) is 2.83. The van der Waals surface area contributed by atoms with Crippen molar-refractivity contribution in [3.8, 4) is 10.7 Å². The van der Waals surface area contributed by atoms with Crippen LogP contribution in [0.4, 0.5) is 0 Å². The van der Waals surface area contributed by atoms with Gasteiger partial charge in [-0.25, -0.2) is 8.42 Å². The van der Waals surface area contributed by atoms with E-state index >= 15 is 0 Å². The molecule has 0 radical (unpaired) electrons. The molecule has 1 unspecified atom stereocenters. The number of rotatable bonds is 3. The fourth-order valence-corrected chi connectivity index (χ4v) is 2.93. The van der Waals surface area contributed by atoms with Crippen molar-refractivity contribution in [2.75, 3.05) is 6.26 Å². The van der Waals surface area contributed by atoms with E-state index in [-0.39, 0.29) is 5.89 Å². The molecule has 5 nitrogen and oxygen atoms in total. The lowest BCUT2D eigenvalue weighted by Crippen LogP contribution is -2.07. The highest BCUT2D eigenvalue weighted by molar-refractivity contribution is 9.10. The van der Waals surface area contributed by atoms with Gasteiger partial charge in [0.25, 0.3) is 0 Å². The second kappa shape index (κ2) is 4.51. The van der Waals surface area contributed by atoms with Gasteiger partial charge in [-0.05, 0) is 28.9 Å². The van der Waals surface area contributed by atoms with Crippen LogP contribution >= 0.6 is 27.3 Å². The van der Waals surface area contributed by atoms with Crippen molar-refractivity contribution < 1.29 is 12.9 Å². The molecule has 0 fully saturated rings. The molecule has 8 heteroatoms. The van der Waals surface area contributed by atoms with Crippen LogP contribution < -0.4 is 0 Å². The van der Waals surface area contributed by atoms with E-state index in [0.717, 1.165) is 15.6 Å². The number of halogens is 1. The molecule has 0 saturated carbocycles.